The lowest BCUT2D eigenvalue weighted by Gasteiger charge is -2.14. The van der Waals surface area contributed by atoms with Crippen LogP contribution in [-0.4, -0.2) is 41.6 Å². The Morgan fingerprint density at radius 2 is 2.06 bits per heavy atom. The minimum Gasteiger partial charge on any atom is -0.353 e. The maximum Gasteiger partial charge on any atom is 0.250 e. The van der Waals surface area contributed by atoms with Crippen molar-refractivity contribution in [2.75, 3.05) is 26.2 Å². The van der Waals surface area contributed by atoms with Gasteiger partial charge in [0.2, 0.25) is 5.91 Å². The first-order valence-corrected chi connectivity index (χ1v) is 6.40. The SMILES string of the molecule is O=C(Cn1ccccc1=O)NCCN1CCCC1. The molecule has 0 bridgehead atoms. The summed E-state index contributed by atoms with van der Waals surface area (Å²) in [5.41, 5.74) is -0.146. The Bertz CT molecular complexity index is 450. The van der Waals surface area contributed by atoms with Crippen LogP contribution in [0.15, 0.2) is 29.2 Å². The van der Waals surface area contributed by atoms with Gasteiger partial charge in [-0.3, -0.25) is 9.59 Å². The highest BCUT2D eigenvalue weighted by Crippen LogP contribution is 2.05. The zero-order valence-corrected chi connectivity index (χ0v) is 10.5. The smallest absolute Gasteiger partial charge is 0.250 e. The number of likely N-dealkylation sites (tertiary alicyclic amines) is 1. The second-order valence-corrected chi connectivity index (χ2v) is 4.57. The van der Waals surface area contributed by atoms with Gasteiger partial charge in [-0.05, 0) is 32.0 Å². The molecule has 1 amide bonds. The van der Waals surface area contributed by atoms with E-state index in [9.17, 15) is 9.59 Å². The zero-order valence-electron chi connectivity index (χ0n) is 10.5. The Hall–Kier alpha value is -1.62. The molecule has 2 heterocycles. The average Bonchev–Trinajstić information content (AvgIpc) is 2.85. The van der Waals surface area contributed by atoms with Gasteiger partial charge >= 0.3 is 0 Å². The molecular formula is C13H19N3O2. The Morgan fingerprint density at radius 3 is 2.78 bits per heavy atom. The molecule has 0 aromatic carbocycles. The summed E-state index contributed by atoms with van der Waals surface area (Å²) in [7, 11) is 0. The van der Waals surface area contributed by atoms with Crippen molar-refractivity contribution in [1.82, 2.24) is 14.8 Å². The van der Waals surface area contributed by atoms with E-state index in [2.05, 4.69) is 10.2 Å². The van der Waals surface area contributed by atoms with Gasteiger partial charge in [-0.15, -0.1) is 0 Å². The van der Waals surface area contributed by atoms with Crippen molar-refractivity contribution in [3.05, 3.63) is 34.7 Å². The molecule has 1 saturated heterocycles. The molecule has 18 heavy (non-hydrogen) atoms. The number of amides is 1. The van der Waals surface area contributed by atoms with E-state index in [0.29, 0.717) is 6.54 Å². The van der Waals surface area contributed by atoms with Crippen molar-refractivity contribution in [3.63, 3.8) is 0 Å². The van der Waals surface area contributed by atoms with Crippen LogP contribution in [0.5, 0.6) is 0 Å². The molecule has 2 rings (SSSR count). The lowest BCUT2D eigenvalue weighted by atomic mass is 10.4. The predicted octanol–water partition coefficient (Wildman–Crippen LogP) is 0.0603. The van der Waals surface area contributed by atoms with Gasteiger partial charge in [0.15, 0.2) is 0 Å². The number of hydrogen-bond donors (Lipinski definition) is 1. The summed E-state index contributed by atoms with van der Waals surface area (Å²) in [4.78, 5) is 25.4. The predicted molar refractivity (Wildman–Crippen MR) is 69.4 cm³/mol. The van der Waals surface area contributed by atoms with Crippen LogP contribution in [0.2, 0.25) is 0 Å². The molecule has 0 unspecified atom stereocenters. The van der Waals surface area contributed by atoms with Crippen LogP contribution in [0.1, 0.15) is 12.8 Å². The number of pyridine rings is 1. The highest BCUT2D eigenvalue weighted by atomic mass is 16.2. The molecule has 1 N–H and O–H groups in total. The molecule has 1 fully saturated rings. The number of nitrogens with zero attached hydrogens (tertiary/aromatic N) is 2. The minimum atomic E-state index is -0.146. The first kappa shape index (κ1) is 12.8. The number of carbonyl (C=O) groups is 1. The molecule has 5 heteroatoms. The summed E-state index contributed by atoms with van der Waals surface area (Å²) >= 11 is 0. The standard InChI is InChI=1S/C13H19N3O2/c17-12(11-16-9-2-1-5-13(16)18)14-6-10-15-7-3-4-8-15/h1-2,5,9H,3-4,6-8,10-11H2,(H,14,17). The van der Waals surface area contributed by atoms with Crippen molar-refractivity contribution in [2.45, 2.75) is 19.4 Å². The fourth-order valence-electron chi connectivity index (χ4n) is 2.16. The van der Waals surface area contributed by atoms with Gasteiger partial charge in [-0.1, -0.05) is 6.07 Å². The van der Waals surface area contributed by atoms with Crippen molar-refractivity contribution >= 4 is 5.91 Å². The zero-order chi connectivity index (χ0) is 12.8. The first-order chi connectivity index (χ1) is 8.75. The molecule has 98 valence electrons. The van der Waals surface area contributed by atoms with Crippen LogP contribution < -0.4 is 10.9 Å². The Morgan fingerprint density at radius 1 is 1.28 bits per heavy atom. The van der Waals surface area contributed by atoms with Gasteiger partial charge in [0.05, 0.1) is 0 Å². The van der Waals surface area contributed by atoms with E-state index in [0.717, 1.165) is 19.6 Å². The molecule has 1 aromatic rings. The first-order valence-electron chi connectivity index (χ1n) is 6.40. The van der Waals surface area contributed by atoms with Crippen LogP contribution in [0.25, 0.3) is 0 Å². The minimum absolute atomic E-state index is 0.0969. The molecular weight excluding hydrogens is 230 g/mol. The topological polar surface area (TPSA) is 54.3 Å². The fourth-order valence-corrected chi connectivity index (χ4v) is 2.16. The highest BCUT2D eigenvalue weighted by molar-refractivity contribution is 5.75. The van der Waals surface area contributed by atoms with Crippen LogP contribution in [0.3, 0.4) is 0 Å². The van der Waals surface area contributed by atoms with Crippen molar-refractivity contribution in [3.8, 4) is 0 Å². The summed E-state index contributed by atoms with van der Waals surface area (Å²) in [6.45, 7) is 3.91. The summed E-state index contributed by atoms with van der Waals surface area (Å²) in [6.07, 6.45) is 4.14. The molecule has 1 aliphatic heterocycles. The third-order valence-corrected chi connectivity index (χ3v) is 3.16. The Kier molecular flexibility index (Phi) is 4.52. The summed E-state index contributed by atoms with van der Waals surface area (Å²) in [5, 5.41) is 2.84. The fraction of sp³-hybridized carbons (Fsp3) is 0.538. The van der Waals surface area contributed by atoms with Gasteiger partial charge in [-0.25, -0.2) is 0 Å². The lowest BCUT2D eigenvalue weighted by Crippen LogP contribution is -2.36. The largest absolute Gasteiger partial charge is 0.353 e. The van der Waals surface area contributed by atoms with Gasteiger partial charge < -0.3 is 14.8 Å². The summed E-state index contributed by atoms with van der Waals surface area (Å²) in [6, 6.07) is 4.88. The van der Waals surface area contributed by atoms with Gasteiger partial charge in [0.25, 0.3) is 5.56 Å². The average molecular weight is 249 g/mol. The maximum absolute atomic E-state index is 11.6. The van der Waals surface area contributed by atoms with Crippen LogP contribution in [-0.2, 0) is 11.3 Å². The number of carbonyl (C=O) groups excluding carboxylic acids is 1. The number of rotatable bonds is 5. The second-order valence-electron chi connectivity index (χ2n) is 4.57. The Balaban J connectivity index is 1.72. The maximum atomic E-state index is 11.6. The molecule has 0 atom stereocenters. The molecule has 1 aromatic heterocycles. The third kappa shape index (κ3) is 3.70. The molecule has 1 aliphatic rings. The van der Waals surface area contributed by atoms with E-state index in [-0.39, 0.29) is 18.0 Å². The quantitative estimate of drug-likeness (QED) is 0.803. The third-order valence-electron chi connectivity index (χ3n) is 3.16. The lowest BCUT2D eigenvalue weighted by molar-refractivity contribution is -0.121. The molecule has 0 radical (unpaired) electrons. The Labute approximate surface area is 106 Å². The second kappa shape index (κ2) is 6.35. The van der Waals surface area contributed by atoms with Crippen LogP contribution >= 0.6 is 0 Å². The van der Waals surface area contributed by atoms with Gasteiger partial charge in [-0.2, -0.15) is 0 Å². The van der Waals surface area contributed by atoms with E-state index in [1.165, 1.54) is 23.5 Å². The van der Waals surface area contributed by atoms with E-state index in [4.69, 9.17) is 0 Å². The summed E-state index contributed by atoms with van der Waals surface area (Å²) < 4.78 is 1.41. The molecule has 5 nitrogen and oxygen atoms in total. The number of aromatic nitrogens is 1. The van der Waals surface area contributed by atoms with E-state index < -0.39 is 0 Å². The normalized spacial score (nSPS) is 15.8. The summed E-state index contributed by atoms with van der Waals surface area (Å²) in [5.74, 6) is -0.109. The van der Waals surface area contributed by atoms with Crippen LogP contribution in [0.4, 0.5) is 0 Å². The van der Waals surface area contributed by atoms with E-state index >= 15 is 0 Å². The van der Waals surface area contributed by atoms with Gasteiger partial charge in [0.1, 0.15) is 6.54 Å². The van der Waals surface area contributed by atoms with E-state index in [1.54, 1.807) is 18.3 Å². The number of nitrogens with one attached hydrogen (secondary N) is 1. The van der Waals surface area contributed by atoms with Crippen molar-refractivity contribution in [2.24, 2.45) is 0 Å². The highest BCUT2D eigenvalue weighted by Gasteiger charge is 2.11. The van der Waals surface area contributed by atoms with E-state index in [1.807, 2.05) is 0 Å². The molecule has 0 aliphatic carbocycles. The monoisotopic (exact) mass is 249 g/mol. The van der Waals surface area contributed by atoms with Crippen molar-refractivity contribution < 1.29 is 4.79 Å². The van der Waals surface area contributed by atoms with Crippen molar-refractivity contribution in [1.29, 1.82) is 0 Å². The molecule has 0 saturated carbocycles. The van der Waals surface area contributed by atoms with Gasteiger partial charge in [0, 0.05) is 25.4 Å². The van der Waals surface area contributed by atoms with Crippen LogP contribution in [0, 0.1) is 0 Å². The molecule has 0 spiro atoms. The number of hydrogen-bond acceptors (Lipinski definition) is 3.